The SMILES string of the molecule is C=CCC(Cl)[SiH2]c1ccccc1. The molecule has 0 saturated carbocycles. The number of rotatable bonds is 4. The summed E-state index contributed by atoms with van der Waals surface area (Å²) in [5.41, 5.74) is 0. The summed E-state index contributed by atoms with van der Waals surface area (Å²) in [5.74, 6) is 0. The average Bonchev–Trinajstić information content (AvgIpc) is 2.06. The topological polar surface area (TPSA) is 0 Å². The molecule has 1 unspecified atom stereocenters. The number of allylic oxidation sites excluding steroid dienone is 1. The van der Waals surface area contributed by atoms with Gasteiger partial charge >= 0.3 is 0 Å². The summed E-state index contributed by atoms with van der Waals surface area (Å²) in [5, 5.41) is 1.75. The molecule has 1 rings (SSSR count). The first-order valence-corrected chi connectivity index (χ1v) is 6.08. The second-order valence-electron chi connectivity index (χ2n) is 2.81. The number of hydrogen-bond acceptors (Lipinski definition) is 0. The third-order valence-electron chi connectivity index (χ3n) is 1.72. The standard InChI is InChI=1S/C10H13ClSi/c1-2-6-10(11)12-9-7-4-3-5-8-9/h2-5,7-8,10H,1,6,12H2. The predicted molar refractivity (Wildman–Crippen MR) is 59.1 cm³/mol. The Morgan fingerprint density at radius 3 is 2.67 bits per heavy atom. The fourth-order valence-electron chi connectivity index (χ4n) is 1.13. The molecule has 0 aliphatic carbocycles. The lowest BCUT2D eigenvalue weighted by Gasteiger charge is -2.04. The molecule has 0 heterocycles. The van der Waals surface area contributed by atoms with E-state index in [-0.39, 0.29) is 9.52 Å². The molecule has 1 aromatic carbocycles. The molecule has 64 valence electrons. The summed E-state index contributed by atoms with van der Waals surface area (Å²) in [7, 11) is -0.304. The van der Waals surface area contributed by atoms with E-state index in [0.29, 0.717) is 5.00 Å². The van der Waals surface area contributed by atoms with Crippen LogP contribution in [0.25, 0.3) is 0 Å². The Balaban J connectivity index is 2.46. The molecule has 0 bridgehead atoms. The molecule has 12 heavy (non-hydrogen) atoms. The zero-order valence-corrected chi connectivity index (χ0v) is 9.21. The molecule has 0 saturated heterocycles. The van der Waals surface area contributed by atoms with Crippen LogP contribution in [0.2, 0.25) is 0 Å². The highest BCUT2D eigenvalue weighted by atomic mass is 35.5. The minimum atomic E-state index is -0.304. The Kier molecular flexibility index (Phi) is 4.12. The van der Waals surface area contributed by atoms with Crippen LogP contribution >= 0.6 is 11.6 Å². The third kappa shape index (κ3) is 3.24. The molecule has 0 amide bonds. The van der Waals surface area contributed by atoms with E-state index in [0.717, 1.165) is 6.42 Å². The zero-order valence-electron chi connectivity index (χ0n) is 7.04. The van der Waals surface area contributed by atoms with Crippen molar-refractivity contribution in [1.82, 2.24) is 0 Å². The normalized spacial score (nSPS) is 13.4. The molecule has 1 aromatic rings. The summed E-state index contributed by atoms with van der Waals surface area (Å²) in [4.78, 5) is 0. The van der Waals surface area contributed by atoms with Crippen LogP contribution in [-0.2, 0) is 0 Å². The lowest BCUT2D eigenvalue weighted by molar-refractivity contribution is 1.15. The Labute approximate surface area is 81.1 Å². The van der Waals surface area contributed by atoms with Gasteiger partial charge in [0.05, 0.1) is 9.52 Å². The molecule has 0 fully saturated rings. The Morgan fingerprint density at radius 2 is 2.08 bits per heavy atom. The molecular formula is C10H13ClSi. The van der Waals surface area contributed by atoms with Crippen molar-refractivity contribution in [2.45, 2.75) is 11.4 Å². The molecular weight excluding hydrogens is 184 g/mol. The van der Waals surface area contributed by atoms with Gasteiger partial charge in [0.1, 0.15) is 0 Å². The number of alkyl halides is 1. The summed E-state index contributed by atoms with van der Waals surface area (Å²) < 4.78 is 0. The lowest BCUT2D eigenvalue weighted by Crippen LogP contribution is -2.23. The molecule has 0 N–H and O–H groups in total. The quantitative estimate of drug-likeness (QED) is 0.390. The summed E-state index contributed by atoms with van der Waals surface area (Å²) in [6, 6.07) is 10.5. The minimum Gasteiger partial charge on any atom is -0.126 e. The third-order valence-corrected chi connectivity index (χ3v) is 4.08. The van der Waals surface area contributed by atoms with Crippen molar-refractivity contribution < 1.29 is 0 Å². The Hall–Kier alpha value is -0.533. The molecule has 0 aliphatic heterocycles. The maximum Gasteiger partial charge on any atom is 0.0757 e. The second kappa shape index (κ2) is 5.17. The van der Waals surface area contributed by atoms with Crippen molar-refractivity contribution in [1.29, 1.82) is 0 Å². The van der Waals surface area contributed by atoms with Gasteiger partial charge in [0.25, 0.3) is 0 Å². The molecule has 0 aliphatic rings. The summed E-state index contributed by atoms with van der Waals surface area (Å²) in [6.07, 6.45) is 2.83. The van der Waals surface area contributed by atoms with Crippen LogP contribution in [0.1, 0.15) is 6.42 Å². The van der Waals surface area contributed by atoms with Gasteiger partial charge in [-0.15, -0.1) is 18.2 Å². The smallest absolute Gasteiger partial charge is 0.0757 e. The number of halogens is 1. The van der Waals surface area contributed by atoms with E-state index in [1.165, 1.54) is 5.19 Å². The van der Waals surface area contributed by atoms with Crippen LogP contribution in [0.5, 0.6) is 0 Å². The zero-order chi connectivity index (χ0) is 8.81. The van der Waals surface area contributed by atoms with Crippen molar-refractivity contribution in [3.63, 3.8) is 0 Å². The first kappa shape index (κ1) is 9.55. The molecule has 0 nitrogen and oxygen atoms in total. The number of hydrogen-bond donors (Lipinski definition) is 0. The van der Waals surface area contributed by atoms with E-state index in [9.17, 15) is 0 Å². The first-order chi connectivity index (χ1) is 5.83. The summed E-state index contributed by atoms with van der Waals surface area (Å²) >= 11 is 6.11. The van der Waals surface area contributed by atoms with Crippen LogP contribution < -0.4 is 5.19 Å². The predicted octanol–water partition coefficient (Wildman–Crippen LogP) is 1.62. The van der Waals surface area contributed by atoms with Crippen molar-refractivity contribution in [3.05, 3.63) is 43.0 Å². The van der Waals surface area contributed by atoms with E-state index in [4.69, 9.17) is 11.6 Å². The molecule has 1 atom stereocenters. The van der Waals surface area contributed by atoms with Crippen LogP contribution in [0.15, 0.2) is 43.0 Å². The largest absolute Gasteiger partial charge is 0.126 e. The van der Waals surface area contributed by atoms with Gasteiger partial charge in [-0.05, 0) is 6.42 Å². The van der Waals surface area contributed by atoms with Gasteiger partial charge in [0.2, 0.25) is 0 Å². The van der Waals surface area contributed by atoms with E-state index in [1.54, 1.807) is 0 Å². The van der Waals surface area contributed by atoms with Crippen molar-refractivity contribution in [3.8, 4) is 0 Å². The van der Waals surface area contributed by atoms with Gasteiger partial charge in [-0.2, -0.15) is 0 Å². The van der Waals surface area contributed by atoms with E-state index in [2.05, 4.69) is 30.8 Å². The van der Waals surface area contributed by atoms with Crippen LogP contribution in [-0.4, -0.2) is 14.5 Å². The van der Waals surface area contributed by atoms with Crippen LogP contribution in [0, 0.1) is 0 Å². The van der Waals surface area contributed by atoms with Gasteiger partial charge < -0.3 is 0 Å². The van der Waals surface area contributed by atoms with Crippen molar-refractivity contribution in [2.24, 2.45) is 0 Å². The van der Waals surface area contributed by atoms with Crippen LogP contribution in [0.3, 0.4) is 0 Å². The molecule has 0 aromatic heterocycles. The minimum absolute atomic E-state index is 0.304. The Morgan fingerprint density at radius 1 is 1.42 bits per heavy atom. The van der Waals surface area contributed by atoms with Crippen LogP contribution in [0.4, 0.5) is 0 Å². The highest BCUT2D eigenvalue weighted by Crippen LogP contribution is 2.00. The molecule has 2 heteroatoms. The van der Waals surface area contributed by atoms with E-state index < -0.39 is 0 Å². The maximum absolute atomic E-state index is 6.11. The van der Waals surface area contributed by atoms with Gasteiger partial charge in [0, 0.05) is 5.00 Å². The Bertz CT molecular complexity index is 233. The fourth-order valence-corrected chi connectivity index (χ4v) is 3.25. The maximum atomic E-state index is 6.11. The van der Waals surface area contributed by atoms with E-state index >= 15 is 0 Å². The van der Waals surface area contributed by atoms with Gasteiger partial charge in [0.15, 0.2) is 0 Å². The van der Waals surface area contributed by atoms with E-state index in [1.807, 2.05) is 12.1 Å². The highest BCUT2D eigenvalue weighted by Gasteiger charge is 2.03. The molecule has 0 spiro atoms. The van der Waals surface area contributed by atoms with Gasteiger partial charge in [-0.1, -0.05) is 41.6 Å². The number of benzene rings is 1. The average molecular weight is 197 g/mol. The van der Waals surface area contributed by atoms with Crippen molar-refractivity contribution in [2.75, 3.05) is 0 Å². The van der Waals surface area contributed by atoms with Gasteiger partial charge in [-0.3, -0.25) is 0 Å². The van der Waals surface area contributed by atoms with Crippen molar-refractivity contribution >= 4 is 26.3 Å². The second-order valence-corrected chi connectivity index (χ2v) is 6.16. The summed E-state index contributed by atoms with van der Waals surface area (Å²) in [6.45, 7) is 3.68. The highest BCUT2D eigenvalue weighted by molar-refractivity contribution is 6.64. The molecule has 0 radical (unpaired) electrons. The lowest BCUT2D eigenvalue weighted by atomic mass is 10.4. The first-order valence-electron chi connectivity index (χ1n) is 4.12. The fraction of sp³-hybridized carbons (Fsp3) is 0.200. The monoisotopic (exact) mass is 196 g/mol. The van der Waals surface area contributed by atoms with Gasteiger partial charge in [-0.25, -0.2) is 0 Å².